The zero-order valence-corrected chi connectivity index (χ0v) is 16.0. The lowest BCUT2D eigenvalue weighted by Crippen LogP contribution is -2.26. The molecule has 0 spiro atoms. The van der Waals surface area contributed by atoms with Crippen LogP contribution < -0.4 is 20.5 Å². The average molecular weight is 384 g/mol. The van der Waals surface area contributed by atoms with Gasteiger partial charge in [-0.15, -0.1) is 0 Å². The second-order valence-corrected chi connectivity index (χ2v) is 6.57. The molecule has 0 aliphatic heterocycles. The van der Waals surface area contributed by atoms with Crippen molar-refractivity contribution in [1.29, 1.82) is 0 Å². The number of nitrogens with two attached hydrogens (primary N) is 1. The third-order valence-electron chi connectivity index (χ3n) is 4.10. The van der Waals surface area contributed by atoms with Crippen LogP contribution in [0.2, 0.25) is 0 Å². The van der Waals surface area contributed by atoms with E-state index >= 15 is 0 Å². The molecule has 1 aromatic carbocycles. The number of nitrogens with zero attached hydrogens (tertiary/aromatic N) is 2. The van der Waals surface area contributed by atoms with Crippen LogP contribution in [0.5, 0.6) is 11.5 Å². The van der Waals surface area contributed by atoms with Gasteiger partial charge in [-0.3, -0.25) is 9.78 Å². The van der Waals surface area contributed by atoms with Crippen LogP contribution in [-0.2, 0) is 0 Å². The summed E-state index contributed by atoms with van der Waals surface area (Å²) in [7, 11) is 3.15. The molecule has 7 nitrogen and oxygen atoms in total. The molecule has 0 fully saturated rings. The molecule has 0 aliphatic rings. The molecular formula is C19H20N4O3S. The molecule has 0 saturated heterocycles. The Kier molecular flexibility index (Phi) is 5.56. The summed E-state index contributed by atoms with van der Waals surface area (Å²) in [5.41, 5.74) is 8.51. The molecule has 0 aliphatic carbocycles. The number of benzene rings is 1. The van der Waals surface area contributed by atoms with Crippen molar-refractivity contribution in [2.45, 2.75) is 13.0 Å². The maximum Gasteiger partial charge on any atom is 0.265 e. The predicted octanol–water partition coefficient (Wildman–Crippen LogP) is 3.30. The lowest BCUT2D eigenvalue weighted by Gasteiger charge is -2.16. The van der Waals surface area contributed by atoms with E-state index in [1.165, 1.54) is 0 Å². The van der Waals surface area contributed by atoms with Crippen LogP contribution in [0.3, 0.4) is 0 Å². The number of nitrogens with one attached hydrogen (secondary N) is 1. The van der Waals surface area contributed by atoms with Crippen molar-refractivity contribution in [2.75, 3.05) is 20.0 Å². The van der Waals surface area contributed by atoms with E-state index in [0.717, 1.165) is 17.1 Å². The van der Waals surface area contributed by atoms with Crippen molar-refractivity contribution < 1.29 is 14.3 Å². The number of nitrogen functional groups attached to an aromatic ring is 1. The SMILES string of the molecule is COc1ccc([C@@H](C)NC(=O)c2snc(-c3ccccn3)c2N)cc1OC. The number of pyridine rings is 1. The van der Waals surface area contributed by atoms with E-state index in [2.05, 4.69) is 14.7 Å². The Morgan fingerprint density at radius 3 is 2.63 bits per heavy atom. The molecule has 0 radical (unpaired) electrons. The van der Waals surface area contributed by atoms with Crippen molar-refractivity contribution in [3.05, 3.63) is 53.0 Å². The van der Waals surface area contributed by atoms with E-state index in [9.17, 15) is 4.79 Å². The second kappa shape index (κ2) is 8.05. The average Bonchev–Trinajstić information content (AvgIpc) is 3.09. The van der Waals surface area contributed by atoms with Crippen molar-refractivity contribution in [3.63, 3.8) is 0 Å². The van der Waals surface area contributed by atoms with Gasteiger partial charge in [0, 0.05) is 6.20 Å². The Hall–Kier alpha value is -3.13. The van der Waals surface area contributed by atoms with Crippen molar-refractivity contribution >= 4 is 23.1 Å². The highest BCUT2D eigenvalue weighted by atomic mass is 32.1. The Labute approximate surface area is 161 Å². The summed E-state index contributed by atoms with van der Waals surface area (Å²) in [5.74, 6) is 0.951. The Balaban J connectivity index is 1.79. The lowest BCUT2D eigenvalue weighted by molar-refractivity contribution is 0.0944. The van der Waals surface area contributed by atoms with Gasteiger partial charge in [0.05, 0.1) is 31.6 Å². The summed E-state index contributed by atoms with van der Waals surface area (Å²) >= 11 is 1.06. The number of carbonyl (C=O) groups excluding carboxylic acids is 1. The van der Waals surface area contributed by atoms with Gasteiger partial charge in [0.25, 0.3) is 5.91 Å². The van der Waals surface area contributed by atoms with Crippen LogP contribution in [0, 0.1) is 0 Å². The van der Waals surface area contributed by atoms with Gasteiger partial charge in [-0.25, -0.2) is 0 Å². The van der Waals surface area contributed by atoms with Crippen LogP contribution in [0.1, 0.15) is 28.2 Å². The van der Waals surface area contributed by atoms with Crippen LogP contribution in [0.4, 0.5) is 5.69 Å². The summed E-state index contributed by atoms with van der Waals surface area (Å²) in [5, 5.41) is 2.94. The highest BCUT2D eigenvalue weighted by Gasteiger charge is 2.21. The van der Waals surface area contributed by atoms with E-state index in [0.29, 0.717) is 33.5 Å². The van der Waals surface area contributed by atoms with Gasteiger partial charge >= 0.3 is 0 Å². The first-order valence-corrected chi connectivity index (χ1v) is 9.01. The molecule has 1 amide bonds. The highest BCUT2D eigenvalue weighted by Crippen LogP contribution is 2.32. The van der Waals surface area contributed by atoms with Crippen molar-refractivity contribution in [2.24, 2.45) is 0 Å². The van der Waals surface area contributed by atoms with Gasteiger partial charge in [0.15, 0.2) is 11.5 Å². The van der Waals surface area contributed by atoms with Gasteiger partial charge in [-0.2, -0.15) is 4.37 Å². The second-order valence-electron chi connectivity index (χ2n) is 5.80. The van der Waals surface area contributed by atoms with Gasteiger partial charge in [0.2, 0.25) is 0 Å². The summed E-state index contributed by atoms with van der Waals surface area (Å²) in [6, 6.07) is 10.7. The van der Waals surface area contributed by atoms with Crippen LogP contribution in [-0.4, -0.2) is 29.5 Å². The molecule has 2 aromatic heterocycles. The fourth-order valence-electron chi connectivity index (χ4n) is 2.62. The van der Waals surface area contributed by atoms with E-state index in [-0.39, 0.29) is 11.9 Å². The number of methoxy groups -OCH3 is 2. The Bertz CT molecular complexity index is 943. The number of anilines is 1. The molecule has 1 atom stereocenters. The minimum absolute atomic E-state index is 0.253. The zero-order valence-electron chi connectivity index (χ0n) is 15.2. The lowest BCUT2D eigenvalue weighted by atomic mass is 10.1. The molecule has 3 aromatic rings. The number of ether oxygens (including phenoxy) is 2. The first-order chi connectivity index (χ1) is 13.0. The fraction of sp³-hybridized carbons (Fsp3) is 0.211. The summed E-state index contributed by atoms with van der Waals surface area (Å²) in [4.78, 5) is 17.3. The smallest absolute Gasteiger partial charge is 0.265 e. The van der Waals surface area contributed by atoms with Crippen LogP contribution in [0.15, 0.2) is 42.6 Å². The standard InChI is InChI=1S/C19H20N4O3S/c1-11(12-7-8-14(25-2)15(10-12)26-3)22-19(24)18-16(20)17(23-27-18)13-6-4-5-9-21-13/h4-11H,20H2,1-3H3,(H,22,24)/t11-/m1/s1. The minimum Gasteiger partial charge on any atom is -0.493 e. The molecule has 27 heavy (non-hydrogen) atoms. The number of aromatic nitrogens is 2. The van der Waals surface area contributed by atoms with E-state index < -0.39 is 0 Å². The summed E-state index contributed by atoms with van der Waals surface area (Å²) in [6.45, 7) is 1.88. The number of rotatable bonds is 6. The van der Waals surface area contributed by atoms with Gasteiger partial charge in [-0.1, -0.05) is 12.1 Å². The first-order valence-electron chi connectivity index (χ1n) is 8.24. The van der Waals surface area contributed by atoms with E-state index in [1.54, 1.807) is 32.5 Å². The highest BCUT2D eigenvalue weighted by molar-refractivity contribution is 7.09. The number of hydrogen-bond donors (Lipinski definition) is 2. The number of carbonyl (C=O) groups is 1. The maximum atomic E-state index is 12.7. The largest absolute Gasteiger partial charge is 0.493 e. The number of amides is 1. The Morgan fingerprint density at radius 2 is 1.96 bits per heavy atom. The third kappa shape index (κ3) is 3.85. The molecule has 8 heteroatoms. The minimum atomic E-state index is -0.283. The Morgan fingerprint density at radius 1 is 1.19 bits per heavy atom. The predicted molar refractivity (Wildman–Crippen MR) is 105 cm³/mol. The van der Waals surface area contributed by atoms with Gasteiger partial charge < -0.3 is 20.5 Å². The molecule has 3 rings (SSSR count). The first kappa shape index (κ1) is 18.7. The van der Waals surface area contributed by atoms with Crippen molar-refractivity contribution in [1.82, 2.24) is 14.7 Å². The molecular weight excluding hydrogens is 364 g/mol. The molecule has 0 unspecified atom stereocenters. The quantitative estimate of drug-likeness (QED) is 0.676. The van der Waals surface area contributed by atoms with Gasteiger partial charge in [-0.05, 0) is 48.3 Å². The fourth-order valence-corrected chi connectivity index (χ4v) is 3.33. The van der Waals surface area contributed by atoms with Crippen LogP contribution in [0.25, 0.3) is 11.4 Å². The van der Waals surface area contributed by atoms with Gasteiger partial charge in [0.1, 0.15) is 10.6 Å². The van der Waals surface area contributed by atoms with Crippen molar-refractivity contribution in [3.8, 4) is 22.9 Å². The number of hydrogen-bond acceptors (Lipinski definition) is 7. The molecule has 3 N–H and O–H groups in total. The monoisotopic (exact) mass is 384 g/mol. The topological polar surface area (TPSA) is 99.4 Å². The summed E-state index contributed by atoms with van der Waals surface area (Å²) < 4.78 is 14.8. The maximum absolute atomic E-state index is 12.7. The normalized spacial score (nSPS) is 11.7. The third-order valence-corrected chi connectivity index (χ3v) is 4.96. The summed E-state index contributed by atoms with van der Waals surface area (Å²) in [6.07, 6.45) is 1.66. The molecule has 0 saturated carbocycles. The van der Waals surface area contributed by atoms with E-state index in [4.69, 9.17) is 15.2 Å². The van der Waals surface area contributed by atoms with Crippen LogP contribution >= 0.6 is 11.5 Å². The molecule has 2 heterocycles. The zero-order chi connectivity index (χ0) is 19.4. The molecule has 140 valence electrons. The van der Waals surface area contributed by atoms with E-state index in [1.807, 2.05) is 31.2 Å². The molecule has 0 bridgehead atoms.